The van der Waals surface area contributed by atoms with E-state index >= 15 is 0 Å². The number of hydrogen-bond acceptors (Lipinski definition) is 4. The number of likely N-dealkylation sites (N-methyl/N-ethyl adjacent to an activating group) is 1. The molecule has 0 aromatic heterocycles. The van der Waals surface area contributed by atoms with E-state index in [-0.39, 0.29) is 24.6 Å². The van der Waals surface area contributed by atoms with E-state index in [0.717, 1.165) is 27.8 Å². The molecule has 1 atom stereocenters. The molecule has 0 aliphatic carbocycles. The monoisotopic (exact) mass is 497 g/mol. The second-order valence-corrected chi connectivity index (χ2v) is 9.98. The van der Waals surface area contributed by atoms with Gasteiger partial charge in [-0.3, -0.25) is 13.9 Å². The Hall–Kier alpha value is -3.72. The highest BCUT2D eigenvalue weighted by molar-refractivity contribution is 7.92. The smallest absolute Gasteiger partial charge is 0.244 e. The Morgan fingerprint density at radius 1 is 0.914 bits per heavy atom. The first-order chi connectivity index (χ1) is 16.7. The molecule has 0 aliphatic rings. The van der Waals surface area contributed by atoms with Crippen molar-refractivity contribution >= 4 is 27.5 Å². The van der Waals surface area contributed by atoms with E-state index < -0.39 is 34.3 Å². The van der Waals surface area contributed by atoms with Crippen molar-refractivity contribution in [3.8, 4) is 0 Å². The summed E-state index contributed by atoms with van der Waals surface area (Å²) in [5.74, 6) is -1.60. The Labute approximate surface area is 205 Å². The third-order valence-corrected chi connectivity index (χ3v) is 6.63. The molecule has 35 heavy (non-hydrogen) atoms. The van der Waals surface area contributed by atoms with Gasteiger partial charge in [-0.15, -0.1) is 0 Å². The number of anilines is 1. The maximum absolute atomic E-state index is 13.9. The average Bonchev–Trinajstić information content (AvgIpc) is 2.84. The lowest BCUT2D eigenvalue weighted by atomic mass is 10.0. The second-order valence-electron chi connectivity index (χ2n) is 8.08. The van der Waals surface area contributed by atoms with Crippen LogP contribution in [0.15, 0.2) is 84.9 Å². The molecule has 3 aromatic carbocycles. The molecule has 0 saturated heterocycles. The van der Waals surface area contributed by atoms with Crippen LogP contribution in [-0.2, 0) is 32.6 Å². The van der Waals surface area contributed by atoms with Crippen LogP contribution in [0.25, 0.3) is 0 Å². The van der Waals surface area contributed by atoms with Crippen LogP contribution in [0, 0.1) is 5.82 Å². The van der Waals surface area contributed by atoms with Crippen LogP contribution in [0.2, 0.25) is 0 Å². The summed E-state index contributed by atoms with van der Waals surface area (Å²) in [7, 11) is -2.44. The zero-order chi connectivity index (χ0) is 25.4. The number of benzene rings is 3. The molecule has 7 nitrogen and oxygen atoms in total. The molecule has 0 saturated carbocycles. The lowest BCUT2D eigenvalue weighted by Gasteiger charge is -2.33. The average molecular weight is 498 g/mol. The van der Waals surface area contributed by atoms with Gasteiger partial charge in [0.15, 0.2) is 0 Å². The molecule has 184 valence electrons. The van der Waals surface area contributed by atoms with Gasteiger partial charge in [-0.1, -0.05) is 66.7 Å². The molecule has 3 aromatic rings. The van der Waals surface area contributed by atoms with Crippen molar-refractivity contribution in [2.45, 2.75) is 19.0 Å². The molecule has 2 amide bonds. The van der Waals surface area contributed by atoms with E-state index in [4.69, 9.17) is 0 Å². The summed E-state index contributed by atoms with van der Waals surface area (Å²) in [6, 6.07) is 22.5. The van der Waals surface area contributed by atoms with Gasteiger partial charge in [-0.05, 0) is 29.3 Å². The number of carbonyl (C=O) groups excluding carboxylic acids is 2. The Kier molecular flexibility index (Phi) is 8.59. The minimum atomic E-state index is -3.93. The molecule has 0 bridgehead atoms. The number of hydrogen-bond donors (Lipinski definition) is 1. The number of halogens is 1. The number of nitrogens with one attached hydrogen (secondary N) is 1. The zero-order valence-corrected chi connectivity index (χ0v) is 20.4. The van der Waals surface area contributed by atoms with E-state index in [1.807, 2.05) is 60.7 Å². The number of nitrogens with zero attached hydrogens (tertiary/aromatic N) is 2. The van der Waals surface area contributed by atoms with E-state index in [9.17, 15) is 22.4 Å². The molecule has 1 unspecified atom stereocenters. The predicted octanol–water partition coefficient (Wildman–Crippen LogP) is 2.98. The lowest BCUT2D eigenvalue weighted by molar-refractivity contribution is -0.139. The highest BCUT2D eigenvalue weighted by Crippen LogP contribution is 2.21. The van der Waals surface area contributed by atoms with Gasteiger partial charge in [0.1, 0.15) is 18.4 Å². The maximum atomic E-state index is 13.9. The minimum Gasteiger partial charge on any atom is -0.357 e. The normalized spacial score (nSPS) is 12.0. The van der Waals surface area contributed by atoms with Gasteiger partial charge < -0.3 is 10.2 Å². The highest BCUT2D eigenvalue weighted by Gasteiger charge is 2.32. The Morgan fingerprint density at radius 3 is 2.06 bits per heavy atom. The molecule has 0 spiro atoms. The summed E-state index contributed by atoms with van der Waals surface area (Å²) in [4.78, 5) is 28.0. The third kappa shape index (κ3) is 7.13. The van der Waals surface area contributed by atoms with Crippen LogP contribution in [-0.4, -0.2) is 51.0 Å². The molecule has 3 rings (SSSR count). The standard InChI is InChI=1S/C26H28FN3O4S/c1-28-26(32)24(16-20-10-5-3-6-11-20)29(18-21-12-7-4-8-13-21)25(31)19-30(35(2,33)34)23-15-9-14-22(27)17-23/h3-15,17,24H,16,18-19H2,1-2H3,(H,28,32). The minimum absolute atomic E-state index is 0.0278. The third-order valence-electron chi connectivity index (χ3n) is 5.49. The quantitative estimate of drug-likeness (QED) is 0.467. The van der Waals surface area contributed by atoms with Gasteiger partial charge >= 0.3 is 0 Å². The summed E-state index contributed by atoms with van der Waals surface area (Å²) >= 11 is 0. The molecular formula is C26H28FN3O4S. The van der Waals surface area contributed by atoms with Crippen LogP contribution in [0.4, 0.5) is 10.1 Å². The number of carbonyl (C=O) groups is 2. The van der Waals surface area contributed by atoms with Crippen molar-refractivity contribution in [1.82, 2.24) is 10.2 Å². The molecule has 1 N–H and O–H groups in total. The summed E-state index contributed by atoms with van der Waals surface area (Å²) in [6.45, 7) is -0.497. The van der Waals surface area contributed by atoms with Gasteiger partial charge in [0.05, 0.1) is 11.9 Å². The lowest BCUT2D eigenvalue weighted by Crippen LogP contribution is -2.52. The molecule has 0 aliphatic heterocycles. The SMILES string of the molecule is CNC(=O)C(Cc1ccccc1)N(Cc1ccccc1)C(=O)CN(c1cccc(F)c1)S(C)(=O)=O. The van der Waals surface area contributed by atoms with Crippen molar-refractivity contribution in [2.24, 2.45) is 0 Å². The van der Waals surface area contributed by atoms with Crippen LogP contribution in [0.5, 0.6) is 0 Å². The van der Waals surface area contributed by atoms with Crippen molar-refractivity contribution in [1.29, 1.82) is 0 Å². The van der Waals surface area contributed by atoms with Gasteiger partial charge in [-0.2, -0.15) is 0 Å². The summed E-state index contributed by atoms with van der Waals surface area (Å²) in [6.07, 6.45) is 1.19. The van der Waals surface area contributed by atoms with Crippen LogP contribution in [0.1, 0.15) is 11.1 Å². The molecule has 0 radical (unpaired) electrons. The van der Waals surface area contributed by atoms with Crippen molar-refractivity contribution < 1.29 is 22.4 Å². The number of sulfonamides is 1. The fraction of sp³-hybridized carbons (Fsp3) is 0.231. The summed E-state index contributed by atoms with van der Waals surface area (Å²) in [5, 5.41) is 2.61. The van der Waals surface area contributed by atoms with E-state index in [1.165, 1.54) is 30.1 Å². The molecular weight excluding hydrogens is 469 g/mol. The van der Waals surface area contributed by atoms with Crippen molar-refractivity contribution in [2.75, 3.05) is 24.2 Å². The van der Waals surface area contributed by atoms with Gasteiger partial charge in [-0.25, -0.2) is 12.8 Å². The highest BCUT2D eigenvalue weighted by atomic mass is 32.2. The van der Waals surface area contributed by atoms with Crippen molar-refractivity contribution in [3.63, 3.8) is 0 Å². The summed E-state index contributed by atoms with van der Waals surface area (Å²) in [5.41, 5.74) is 1.65. The molecule has 9 heteroatoms. The fourth-order valence-electron chi connectivity index (χ4n) is 3.75. The van der Waals surface area contributed by atoms with Crippen LogP contribution >= 0.6 is 0 Å². The fourth-order valence-corrected chi connectivity index (χ4v) is 4.59. The summed E-state index contributed by atoms with van der Waals surface area (Å²) < 4.78 is 39.8. The van der Waals surface area contributed by atoms with Gasteiger partial charge in [0, 0.05) is 20.0 Å². The van der Waals surface area contributed by atoms with E-state index in [2.05, 4.69) is 5.32 Å². The van der Waals surface area contributed by atoms with Gasteiger partial charge in [0.2, 0.25) is 21.8 Å². The zero-order valence-electron chi connectivity index (χ0n) is 19.6. The van der Waals surface area contributed by atoms with Crippen molar-refractivity contribution in [3.05, 3.63) is 102 Å². The Bertz CT molecular complexity index is 1250. The maximum Gasteiger partial charge on any atom is 0.244 e. The largest absolute Gasteiger partial charge is 0.357 e. The topological polar surface area (TPSA) is 86.8 Å². The van der Waals surface area contributed by atoms with Crippen LogP contribution in [0.3, 0.4) is 0 Å². The number of amides is 2. The van der Waals surface area contributed by atoms with Crippen LogP contribution < -0.4 is 9.62 Å². The molecule has 0 heterocycles. The second kappa shape index (κ2) is 11.6. The molecule has 0 fully saturated rings. The Balaban J connectivity index is 2.00. The Morgan fingerprint density at radius 2 is 1.51 bits per heavy atom. The first-order valence-corrected chi connectivity index (χ1v) is 12.9. The predicted molar refractivity (Wildman–Crippen MR) is 134 cm³/mol. The van der Waals surface area contributed by atoms with E-state index in [1.54, 1.807) is 0 Å². The number of rotatable bonds is 10. The van der Waals surface area contributed by atoms with E-state index in [0.29, 0.717) is 0 Å². The first-order valence-electron chi connectivity index (χ1n) is 11.0. The van der Waals surface area contributed by atoms with Gasteiger partial charge in [0.25, 0.3) is 0 Å². The first kappa shape index (κ1) is 25.9.